The molecule has 3 N–H and O–H groups in total. The summed E-state index contributed by atoms with van der Waals surface area (Å²) in [5.41, 5.74) is 4.26. The molecule has 0 radical (unpaired) electrons. The van der Waals surface area contributed by atoms with E-state index in [1.54, 1.807) is 0 Å². The molecule has 0 bridgehead atoms. The van der Waals surface area contributed by atoms with Crippen LogP contribution in [0.15, 0.2) is 42.6 Å². The van der Waals surface area contributed by atoms with Gasteiger partial charge in [0.15, 0.2) is 5.65 Å². The van der Waals surface area contributed by atoms with Crippen molar-refractivity contribution in [2.45, 2.75) is 51.6 Å². The van der Waals surface area contributed by atoms with Gasteiger partial charge in [-0.15, -0.1) is 29.9 Å². The summed E-state index contributed by atoms with van der Waals surface area (Å²) in [5, 5.41) is 15.6. The number of hydrogen-bond acceptors (Lipinski definition) is 5. The molecule has 1 aliphatic heterocycles. The van der Waals surface area contributed by atoms with E-state index in [1.807, 2.05) is 16.8 Å². The first kappa shape index (κ1) is 24.3. The van der Waals surface area contributed by atoms with E-state index >= 15 is 0 Å². The summed E-state index contributed by atoms with van der Waals surface area (Å²) in [6.45, 7) is 8.64. The Morgan fingerprint density at radius 2 is 1.77 bits per heavy atom. The molecule has 1 aromatic carbocycles. The van der Waals surface area contributed by atoms with Gasteiger partial charge >= 0.3 is 0 Å². The first-order chi connectivity index (χ1) is 13.6. The second-order valence-electron chi connectivity index (χ2n) is 7.96. The molecule has 2 aromatic heterocycles. The molecule has 0 spiro atoms. The zero-order valence-corrected chi connectivity index (χ0v) is 19.4. The fraction of sp³-hybridized carbons (Fsp3) is 0.455. The van der Waals surface area contributed by atoms with Crippen LogP contribution >= 0.6 is 24.8 Å². The van der Waals surface area contributed by atoms with Gasteiger partial charge in [-0.2, -0.15) is 0 Å². The van der Waals surface area contributed by atoms with Gasteiger partial charge in [-0.3, -0.25) is 0 Å². The lowest BCUT2D eigenvalue weighted by Gasteiger charge is -2.25. The fourth-order valence-electron chi connectivity index (χ4n) is 3.79. The molecule has 0 unspecified atom stereocenters. The van der Waals surface area contributed by atoms with Crippen molar-refractivity contribution >= 4 is 42.0 Å². The molecule has 1 atom stereocenters. The maximum atomic E-state index is 4.87. The zero-order valence-electron chi connectivity index (χ0n) is 17.8. The Labute approximate surface area is 191 Å². The van der Waals surface area contributed by atoms with Crippen molar-refractivity contribution in [3.05, 3.63) is 53.9 Å². The number of benzene rings is 1. The first-order valence-corrected chi connectivity index (χ1v) is 10.3. The Morgan fingerprint density at radius 3 is 2.43 bits per heavy atom. The van der Waals surface area contributed by atoms with Crippen molar-refractivity contribution in [1.82, 2.24) is 19.9 Å². The number of fused-ring (bicyclic) bond motifs is 1. The average Bonchev–Trinajstić information content (AvgIpc) is 3.14. The number of nitrogens with zero attached hydrogens (tertiary/aromatic N) is 3. The molecule has 3 heterocycles. The highest BCUT2D eigenvalue weighted by molar-refractivity contribution is 5.85. The van der Waals surface area contributed by atoms with Gasteiger partial charge in [-0.25, -0.2) is 9.50 Å². The lowest BCUT2D eigenvalue weighted by atomic mass is 10.1. The summed E-state index contributed by atoms with van der Waals surface area (Å²) in [6.07, 6.45) is 4.17. The molecule has 0 aliphatic carbocycles. The minimum Gasteiger partial charge on any atom is -0.375 e. The Kier molecular flexibility index (Phi) is 8.77. The van der Waals surface area contributed by atoms with E-state index in [4.69, 9.17) is 5.10 Å². The lowest BCUT2D eigenvalue weighted by Crippen LogP contribution is -2.35. The molecule has 1 saturated heterocycles. The molecule has 164 valence electrons. The summed E-state index contributed by atoms with van der Waals surface area (Å²) >= 11 is 0. The number of aromatic nitrogens is 3. The minimum atomic E-state index is 0. The van der Waals surface area contributed by atoms with Crippen LogP contribution in [0.4, 0.5) is 11.5 Å². The van der Waals surface area contributed by atoms with Crippen molar-refractivity contribution in [3.8, 4) is 0 Å². The van der Waals surface area contributed by atoms with Crippen LogP contribution in [0.5, 0.6) is 0 Å². The van der Waals surface area contributed by atoms with Crippen LogP contribution in [0.3, 0.4) is 0 Å². The third-order valence-corrected chi connectivity index (χ3v) is 5.45. The summed E-state index contributed by atoms with van der Waals surface area (Å²) in [6, 6.07) is 13.2. The average molecular weight is 451 g/mol. The Balaban J connectivity index is 0.00000160. The highest BCUT2D eigenvalue weighted by Gasteiger charge is 2.18. The maximum Gasteiger partial charge on any atom is 0.177 e. The van der Waals surface area contributed by atoms with Crippen LogP contribution < -0.4 is 16.0 Å². The van der Waals surface area contributed by atoms with Gasteiger partial charge in [0, 0.05) is 18.2 Å². The van der Waals surface area contributed by atoms with Crippen molar-refractivity contribution in [3.63, 3.8) is 0 Å². The SMILES string of the molecule is CC(C)c1cnc2c(N[C@@H](C)c3ccccc3)cc(NC3CCNCC3)nn12.Cl.Cl. The molecular weight excluding hydrogens is 419 g/mol. The number of anilines is 2. The van der Waals surface area contributed by atoms with Crippen molar-refractivity contribution in [2.75, 3.05) is 23.7 Å². The third kappa shape index (κ3) is 5.36. The quantitative estimate of drug-likeness (QED) is 0.491. The first-order valence-electron chi connectivity index (χ1n) is 10.3. The number of hydrogen-bond donors (Lipinski definition) is 3. The zero-order chi connectivity index (χ0) is 19.5. The number of halogens is 2. The molecule has 1 fully saturated rings. The van der Waals surface area contributed by atoms with E-state index in [1.165, 1.54) is 5.56 Å². The Bertz CT molecular complexity index is 922. The molecule has 4 rings (SSSR count). The number of rotatable bonds is 6. The van der Waals surface area contributed by atoms with Crippen LogP contribution in [0.25, 0.3) is 5.65 Å². The summed E-state index contributed by atoms with van der Waals surface area (Å²) < 4.78 is 1.99. The van der Waals surface area contributed by atoms with Gasteiger partial charge in [-0.05, 0) is 44.3 Å². The van der Waals surface area contributed by atoms with Crippen LogP contribution in [0.1, 0.15) is 56.8 Å². The van der Waals surface area contributed by atoms with Crippen molar-refractivity contribution in [2.24, 2.45) is 0 Å². The van der Waals surface area contributed by atoms with Crippen molar-refractivity contribution in [1.29, 1.82) is 0 Å². The fourth-order valence-corrected chi connectivity index (χ4v) is 3.79. The molecule has 0 amide bonds. The monoisotopic (exact) mass is 450 g/mol. The van der Waals surface area contributed by atoms with Crippen LogP contribution in [0.2, 0.25) is 0 Å². The normalized spacial score (nSPS) is 15.3. The Hall–Kier alpha value is -2.02. The van der Waals surface area contributed by atoms with E-state index < -0.39 is 0 Å². The molecular formula is C22H32Cl2N6. The highest BCUT2D eigenvalue weighted by atomic mass is 35.5. The Morgan fingerprint density at radius 1 is 1.07 bits per heavy atom. The second kappa shape index (κ2) is 10.8. The second-order valence-corrected chi connectivity index (χ2v) is 7.96. The van der Waals surface area contributed by atoms with Crippen LogP contribution in [0, 0.1) is 0 Å². The standard InChI is InChI=1S/C22H30N6.2ClH/c1-15(2)20-14-24-22-19(25-16(3)17-7-5-4-6-8-17)13-21(27-28(20)22)26-18-9-11-23-12-10-18;;/h4-8,13-16,18,23,25H,9-12H2,1-3H3,(H,26,27);2*1H/t16-;;/m0../s1. The van der Waals surface area contributed by atoms with Crippen LogP contribution in [-0.4, -0.2) is 33.7 Å². The smallest absolute Gasteiger partial charge is 0.177 e. The van der Waals surface area contributed by atoms with E-state index in [-0.39, 0.29) is 30.9 Å². The molecule has 8 heteroatoms. The summed E-state index contributed by atoms with van der Waals surface area (Å²) in [4.78, 5) is 4.67. The van der Waals surface area contributed by atoms with Gasteiger partial charge < -0.3 is 16.0 Å². The molecule has 30 heavy (non-hydrogen) atoms. The number of imidazole rings is 1. The topological polar surface area (TPSA) is 66.3 Å². The van der Waals surface area contributed by atoms with Gasteiger partial charge in [-0.1, -0.05) is 44.2 Å². The molecule has 1 aliphatic rings. The highest BCUT2D eigenvalue weighted by Crippen LogP contribution is 2.27. The maximum absolute atomic E-state index is 4.87. The lowest BCUT2D eigenvalue weighted by molar-refractivity contribution is 0.477. The van der Waals surface area contributed by atoms with Crippen molar-refractivity contribution < 1.29 is 0 Å². The van der Waals surface area contributed by atoms with E-state index in [2.05, 4.69) is 72.0 Å². The number of piperidine rings is 1. The van der Waals surface area contributed by atoms with E-state index in [9.17, 15) is 0 Å². The molecule has 0 saturated carbocycles. The van der Waals surface area contributed by atoms with Gasteiger partial charge in [0.25, 0.3) is 0 Å². The number of nitrogens with one attached hydrogen (secondary N) is 3. The molecule has 6 nitrogen and oxygen atoms in total. The summed E-state index contributed by atoms with van der Waals surface area (Å²) in [7, 11) is 0. The summed E-state index contributed by atoms with van der Waals surface area (Å²) in [5.74, 6) is 1.26. The van der Waals surface area contributed by atoms with E-state index in [0.29, 0.717) is 12.0 Å². The van der Waals surface area contributed by atoms with Crippen LogP contribution in [-0.2, 0) is 0 Å². The van der Waals surface area contributed by atoms with E-state index in [0.717, 1.165) is 48.8 Å². The van der Waals surface area contributed by atoms with Gasteiger partial charge in [0.2, 0.25) is 0 Å². The van der Waals surface area contributed by atoms with Gasteiger partial charge in [0.05, 0.1) is 17.6 Å². The predicted molar refractivity (Wildman–Crippen MR) is 130 cm³/mol. The third-order valence-electron chi connectivity index (χ3n) is 5.45. The molecule has 3 aromatic rings. The predicted octanol–water partition coefficient (Wildman–Crippen LogP) is 5.03. The largest absolute Gasteiger partial charge is 0.375 e. The minimum absolute atomic E-state index is 0. The van der Waals surface area contributed by atoms with Gasteiger partial charge in [0.1, 0.15) is 5.82 Å².